The average Bonchev–Trinajstić information content (AvgIpc) is 2.83. The minimum atomic E-state index is 0.167. The smallest absolute Gasteiger partial charge is 0.126 e. The third-order valence-corrected chi connectivity index (χ3v) is 3.33. The molecule has 1 aliphatic carbocycles. The van der Waals surface area contributed by atoms with Gasteiger partial charge in [-0.05, 0) is 57.9 Å². The molecule has 2 unspecified atom stereocenters. The summed E-state index contributed by atoms with van der Waals surface area (Å²) in [5.74, 6) is 0.714. The van der Waals surface area contributed by atoms with Gasteiger partial charge in [0.1, 0.15) is 5.78 Å². The minimum absolute atomic E-state index is 0.167. The van der Waals surface area contributed by atoms with Crippen molar-refractivity contribution in [1.82, 2.24) is 0 Å². The van der Waals surface area contributed by atoms with Gasteiger partial charge in [-0.15, -0.1) is 0 Å². The number of carbonyl (C=O) groups excluding carboxylic acids is 1. The number of nitrogens with two attached hydrogens (primary N) is 1. The number of aliphatic imine (C=N–C) groups is 1. The second-order valence-electron chi connectivity index (χ2n) is 6.31. The van der Waals surface area contributed by atoms with Crippen molar-refractivity contribution in [2.45, 2.75) is 53.0 Å². The van der Waals surface area contributed by atoms with Gasteiger partial charge >= 0.3 is 0 Å². The van der Waals surface area contributed by atoms with E-state index in [-0.39, 0.29) is 5.78 Å². The normalized spacial score (nSPS) is 17.0. The Morgan fingerprint density at radius 2 is 1.73 bits per heavy atom. The Bertz CT molecular complexity index is 596. The largest absolute Gasteiger partial charge is 0.327 e. The quantitative estimate of drug-likeness (QED) is 0.579. The maximum absolute atomic E-state index is 9.44. The standard InChI is InChI=1S/C10H13N.C8H12.C3H6O.C2H5N/c1-7-9-5-3-2-4-8(9)6-10(7)11;1-4-5-6-7-8(2)3;1-3(2)4;1-3-2/h2-5,7,10H,6,11H2,1H3;4-7H,2H2,1,3H3;1-2H3;1H2,2H3/b;5-4-,7-6-;;. The summed E-state index contributed by atoms with van der Waals surface area (Å²) >= 11 is 0. The highest BCUT2D eigenvalue weighted by molar-refractivity contribution is 5.72. The van der Waals surface area contributed by atoms with Gasteiger partial charge in [-0.3, -0.25) is 0 Å². The number of carbonyl (C=O) groups is 1. The summed E-state index contributed by atoms with van der Waals surface area (Å²) in [6, 6.07) is 8.88. The first-order valence-electron chi connectivity index (χ1n) is 8.81. The number of hydrogen-bond acceptors (Lipinski definition) is 3. The van der Waals surface area contributed by atoms with Crippen molar-refractivity contribution in [2.75, 3.05) is 7.05 Å². The second-order valence-corrected chi connectivity index (χ2v) is 6.31. The summed E-state index contributed by atoms with van der Waals surface area (Å²) in [7, 11) is 1.64. The first kappa shape index (κ1) is 26.0. The number of Topliss-reactive ketones (excluding diaryl/α,β-unsaturated/α-hetero) is 1. The summed E-state index contributed by atoms with van der Waals surface area (Å²) in [5, 5.41) is 0. The van der Waals surface area contributed by atoms with Gasteiger partial charge in [0.15, 0.2) is 0 Å². The molecule has 0 heterocycles. The van der Waals surface area contributed by atoms with Gasteiger partial charge in [-0.2, -0.15) is 0 Å². The lowest BCUT2D eigenvalue weighted by molar-refractivity contribution is -0.114. The summed E-state index contributed by atoms with van der Waals surface area (Å²) in [5.41, 5.74) is 9.90. The Kier molecular flexibility index (Phi) is 16.2. The molecule has 0 bridgehead atoms. The van der Waals surface area contributed by atoms with Crippen LogP contribution in [0.3, 0.4) is 0 Å². The Morgan fingerprint density at radius 1 is 1.23 bits per heavy atom. The average molecular weight is 357 g/mol. The maximum Gasteiger partial charge on any atom is 0.126 e. The van der Waals surface area contributed by atoms with E-state index in [2.05, 4.69) is 49.5 Å². The summed E-state index contributed by atoms with van der Waals surface area (Å²) in [6.45, 7) is 16.0. The molecule has 1 aromatic rings. The third kappa shape index (κ3) is 14.1. The van der Waals surface area contributed by atoms with Crippen LogP contribution >= 0.6 is 0 Å². The SMILES string of the molecule is C=C(C)/C=C\C=C/C.C=NC.CC(C)=O.CC1c2ccccc2CC1N. The van der Waals surface area contributed by atoms with Crippen LogP contribution in [-0.4, -0.2) is 25.6 Å². The molecular formula is C23H36N2O. The predicted molar refractivity (Wildman–Crippen MR) is 117 cm³/mol. The van der Waals surface area contributed by atoms with Gasteiger partial charge in [0.25, 0.3) is 0 Å². The molecule has 1 aliphatic rings. The number of nitrogens with zero attached hydrogens (tertiary/aromatic N) is 1. The molecule has 2 N–H and O–H groups in total. The van der Waals surface area contributed by atoms with Crippen molar-refractivity contribution in [3.8, 4) is 0 Å². The van der Waals surface area contributed by atoms with E-state index in [0.717, 1.165) is 12.0 Å². The van der Waals surface area contributed by atoms with Crippen molar-refractivity contribution in [3.63, 3.8) is 0 Å². The molecular weight excluding hydrogens is 320 g/mol. The van der Waals surface area contributed by atoms with Crippen LogP contribution in [-0.2, 0) is 11.2 Å². The molecule has 0 fully saturated rings. The zero-order valence-electron chi connectivity index (χ0n) is 17.3. The Hall–Kier alpha value is -2.26. The highest BCUT2D eigenvalue weighted by atomic mass is 16.1. The van der Waals surface area contributed by atoms with Gasteiger partial charge in [-0.1, -0.05) is 67.6 Å². The van der Waals surface area contributed by atoms with E-state index in [4.69, 9.17) is 5.73 Å². The summed E-state index contributed by atoms with van der Waals surface area (Å²) in [6.07, 6.45) is 8.97. The first-order chi connectivity index (χ1) is 12.2. The lowest BCUT2D eigenvalue weighted by atomic mass is 10.0. The van der Waals surface area contributed by atoms with E-state index in [1.165, 1.54) is 25.0 Å². The molecule has 26 heavy (non-hydrogen) atoms. The molecule has 0 amide bonds. The van der Waals surface area contributed by atoms with Crippen LogP contribution < -0.4 is 5.73 Å². The van der Waals surface area contributed by atoms with Crippen molar-refractivity contribution < 1.29 is 4.79 Å². The van der Waals surface area contributed by atoms with Crippen molar-refractivity contribution in [1.29, 1.82) is 0 Å². The second kappa shape index (κ2) is 16.2. The molecule has 3 heteroatoms. The van der Waals surface area contributed by atoms with E-state index in [1.54, 1.807) is 7.05 Å². The van der Waals surface area contributed by atoms with Crippen LogP contribution in [0.25, 0.3) is 0 Å². The van der Waals surface area contributed by atoms with Crippen LogP contribution in [0.5, 0.6) is 0 Å². The van der Waals surface area contributed by atoms with Gasteiger partial charge in [0.05, 0.1) is 0 Å². The highest BCUT2D eigenvalue weighted by Crippen LogP contribution is 2.31. The molecule has 3 nitrogen and oxygen atoms in total. The third-order valence-electron chi connectivity index (χ3n) is 3.33. The molecule has 2 rings (SSSR count). The van der Waals surface area contributed by atoms with E-state index in [9.17, 15) is 4.79 Å². The minimum Gasteiger partial charge on any atom is -0.327 e. The molecule has 0 saturated carbocycles. The number of fused-ring (bicyclic) bond motifs is 1. The number of hydrogen-bond donors (Lipinski definition) is 1. The Balaban J connectivity index is 0. The molecule has 0 aromatic heterocycles. The summed E-state index contributed by atoms with van der Waals surface area (Å²) < 4.78 is 0. The fourth-order valence-corrected chi connectivity index (χ4v) is 2.16. The lowest BCUT2D eigenvalue weighted by Crippen LogP contribution is -2.22. The fourth-order valence-electron chi connectivity index (χ4n) is 2.16. The Labute approximate surface area is 160 Å². The van der Waals surface area contributed by atoms with Crippen molar-refractivity contribution >= 4 is 12.5 Å². The number of ketones is 1. The van der Waals surface area contributed by atoms with Crippen LogP contribution in [0.15, 0.2) is 65.7 Å². The van der Waals surface area contributed by atoms with Crippen molar-refractivity contribution in [2.24, 2.45) is 10.7 Å². The number of rotatable bonds is 2. The van der Waals surface area contributed by atoms with Crippen LogP contribution in [0.2, 0.25) is 0 Å². The molecule has 0 saturated heterocycles. The van der Waals surface area contributed by atoms with E-state index >= 15 is 0 Å². The molecule has 0 aliphatic heterocycles. The van der Waals surface area contributed by atoms with E-state index < -0.39 is 0 Å². The van der Waals surface area contributed by atoms with Crippen LogP contribution in [0.4, 0.5) is 0 Å². The van der Waals surface area contributed by atoms with E-state index in [1.807, 2.05) is 38.2 Å². The fraction of sp³-hybridized carbons (Fsp3) is 0.391. The van der Waals surface area contributed by atoms with Crippen LogP contribution in [0, 0.1) is 0 Å². The van der Waals surface area contributed by atoms with Gasteiger partial charge in [-0.25, -0.2) is 0 Å². The van der Waals surface area contributed by atoms with Crippen molar-refractivity contribution in [3.05, 3.63) is 71.8 Å². The molecule has 0 radical (unpaired) electrons. The molecule has 144 valence electrons. The molecule has 1 aromatic carbocycles. The Morgan fingerprint density at radius 3 is 2.15 bits per heavy atom. The lowest BCUT2D eigenvalue weighted by Gasteiger charge is -2.08. The van der Waals surface area contributed by atoms with Crippen LogP contribution in [0.1, 0.15) is 51.7 Å². The zero-order chi connectivity index (χ0) is 20.5. The molecule has 0 spiro atoms. The zero-order valence-corrected chi connectivity index (χ0v) is 17.3. The molecule has 2 atom stereocenters. The highest BCUT2D eigenvalue weighted by Gasteiger charge is 2.24. The van der Waals surface area contributed by atoms with Gasteiger partial charge in [0, 0.05) is 13.1 Å². The number of allylic oxidation sites excluding steroid dienone is 5. The first-order valence-corrected chi connectivity index (χ1v) is 8.81. The van der Waals surface area contributed by atoms with Gasteiger partial charge < -0.3 is 15.5 Å². The number of benzene rings is 1. The predicted octanol–water partition coefficient (Wildman–Crippen LogP) is 5.28. The monoisotopic (exact) mass is 356 g/mol. The van der Waals surface area contributed by atoms with Gasteiger partial charge in [0.2, 0.25) is 0 Å². The summed E-state index contributed by atoms with van der Waals surface area (Å²) in [4.78, 5) is 12.7. The maximum atomic E-state index is 9.44. The topological polar surface area (TPSA) is 55.5 Å². The van der Waals surface area contributed by atoms with E-state index in [0.29, 0.717) is 12.0 Å².